The Bertz CT molecular complexity index is 342. The quantitative estimate of drug-likeness (QED) is 0.531. The van der Waals surface area contributed by atoms with Crippen LogP contribution in [0, 0.1) is 13.8 Å². The molecule has 0 bridgehead atoms. The van der Waals surface area contributed by atoms with E-state index in [4.69, 9.17) is 4.84 Å². The zero-order chi connectivity index (χ0) is 10.6. The first-order chi connectivity index (χ1) is 6.70. The second-order valence-corrected chi connectivity index (χ2v) is 3.32. The van der Waals surface area contributed by atoms with E-state index in [9.17, 15) is 0 Å². The lowest BCUT2D eigenvalue weighted by atomic mass is 9.99. The van der Waals surface area contributed by atoms with E-state index in [0.29, 0.717) is 0 Å². The molecule has 0 spiro atoms. The third kappa shape index (κ3) is 2.13. The van der Waals surface area contributed by atoms with Crippen molar-refractivity contribution in [3.8, 4) is 0 Å². The van der Waals surface area contributed by atoms with Crippen molar-refractivity contribution >= 4 is 5.71 Å². The lowest BCUT2D eigenvalue weighted by Crippen LogP contribution is -2.03. The Balaban J connectivity index is 3.17. The van der Waals surface area contributed by atoms with Gasteiger partial charge in [0.15, 0.2) is 0 Å². The summed E-state index contributed by atoms with van der Waals surface area (Å²) in [4.78, 5) is 4.83. The Morgan fingerprint density at radius 1 is 1.36 bits per heavy atom. The average molecular weight is 191 g/mol. The molecule has 0 unspecified atom stereocenters. The van der Waals surface area contributed by atoms with Crippen molar-refractivity contribution in [3.63, 3.8) is 0 Å². The fraction of sp³-hybridized carbons (Fsp3) is 0.417. The molecule has 2 heteroatoms. The predicted molar refractivity (Wildman–Crippen MR) is 59.8 cm³/mol. The van der Waals surface area contributed by atoms with Crippen molar-refractivity contribution < 1.29 is 4.84 Å². The number of benzene rings is 1. The van der Waals surface area contributed by atoms with Crippen molar-refractivity contribution in [2.75, 3.05) is 7.11 Å². The number of aryl methyl sites for hydroxylation is 1. The minimum Gasteiger partial charge on any atom is -0.399 e. The Labute approximate surface area is 85.6 Å². The minimum absolute atomic E-state index is 0.887. The van der Waals surface area contributed by atoms with Crippen molar-refractivity contribution in [2.45, 2.75) is 27.2 Å². The van der Waals surface area contributed by atoms with Gasteiger partial charge in [0.25, 0.3) is 0 Å². The van der Waals surface area contributed by atoms with E-state index in [1.165, 1.54) is 16.7 Å². The van der Waals surface area contributed by atoms with Crippen LogP contribution in [0.1, 0.15) is 30.0 Å². The first-order valence-corrected chi connectivity index (χ1v) is 4.87. The normalized spacial score (nSPS) is 11.6. The smallest absolute Gasteiger partial charge is 0.106 e. The Kier molecular flexibility index (Phi) is 3.69. The van der Waals surface area contributed by atoms with Crippen molar-refractivity contribution in [1.29, 1.82) is 0 Å². The summed E-state index contributed by atoms with van der Waals surface area (Å²) in [5.74, 6) is 0. The van der Waals surface area contributed by atoms with Gasteiger partial charge in [-0.25, -0.2) is 0 Å². The van der Waals surface area contributed by atoms with Gasteiger partial charge in [-0.1, -0.05) is 30.3 Å². The van der Waals surface area contributed by atoms with E-state index in [0.717, 1.165) is 12.1 Å². The summed E-state index contributed by atoms with van der Waals surface area (Å²) in [7, 11) is 1.58. The molecule has 0 saturated heterocycles. The third-order valence-corrected chi connectivity index (χ3v) is 2.45. The van der Waals surface area contributed by atoms with E-state index >= 15 is 0 Å². The SMILES string of the molecule is CC/C(=N\OC)c1cccc(C)c1C. The monoisotopic (exact) mass is 191 g/mol. The number of nitrogens with zero attached hydrogens (tertiary/aromatic N) is 1. The van der Waals surface area contributed by atoms with Gasteiger partial charge in [0.1, 0.15) is 7.11 Å². The molecule has 0 N–H and O–H groups in total. The zero-order valence-corrected chi connectivity index (χ0v) is 9.29. The second-order valence-electron chi connectivity index (χ2n) is 3.32. The van der Waals surface area contributed by atoms with Crippen molar-refractivity contribution in [3.05, 3.63) is 34.9 Å². The highest BCUT2D eigenvalue weighted by atomic mass is 16.6. The molecular formula is C12H17NO. The van der Waals surface area contributed by atoms with E-state index < -0.39 is 0 Å². The van der Waals surface area contributed by atoms with Crippen molar-refractivity contribution in [1.82, 2.24) is 0 Å². The van der Waals surface area contributed by atoms with Gasteiger partial charge < -0.3 is 4.84 Å². The van der Waals surface area contributed by atoms with Gasteiger partial charge in [-0.15, -0.1) is 0 Å². The number of hydrogen-bond acceptors (Lipinski definition) is 2. The molecule has 0 aliphatic rings. The molecular weight excluding hydrogens is 174 g/mol. The van der Waals surface area contributed by atoms with Crippen LogP contribution in [-0.2, 0) is 4.84 Å². The average Bonchev–Trinajstić information content (AvgIpc) is 2.19. The summed E-state index contributed by atoms with van der Waals surface area (Å²) in [5, 5.41) is 4.03. The Morgan fingerprint density at radius 3 is 2.64 bits per heavy atom. The van der Waals surface area contributed by atoms with Crippen LogP contribution in [0.2, 0.25) is 0 Å². The fourth-order valence-electron chi connectivity index (χ4n) is 1.48. The molecule has 2 nitrogen and oxygen atoms in total. The molecule has 1 aromatic carbocycles. The topological polar surface area (TPSA) is 21.6 Å². The predicted octanol–water partition coefficient (Wildman–Crippen LogP) is 3.06. The number of oxime groups is 1. The minimum atomic E-state index is 0.887. The molecule has 0 heterocycles. The maximum absolute atomic E-state index is 4.83. The molecule has 0 aromatic heterocycles. The number of hydrogen-bond donors (Lipinski definition) is 0. The summed E-state index contributed by atoms with van der Waals surface area (Å²) in [5.41, 5.74) is 4.77. The van der Waals surface area contributed by atoms with Gasteiger partial charge in [0.05, 0.1) is 5.71 Å². The van der Waals surface area contributed by atoms with Crippen LogP contribution in [0.5, 0.6) is 0 Å². The number of rotatable bonds is 3. The largest absolute Gasteiger partial charge is 0.399 e. The van der Waals surface area contributed by atoms with E-state index in [1.54, 1.807) is 7.11 Å². The molecule has 76 valence electrons. The molecule has 0 atom stereocenters. The molecule has 0 aliphatic carbocycles. The maximum Gasteiger partial charge on any atom is 0.106 e. The fourth-order valence-corrected chi connectivity index (χ4v) is 1.48. The molecule has 0 radical (unpaired) electrons. The van der Waals surface area contributed by atoms with Gasteiger partial charge >= 0.3 is 0 Å². The first-order valence-electron chi connectivity index (χ1n) is 4.87. The molecule has 0 aliphatic heterocycles. The summed E-state index contributed by atoms with van der Waals surface area (Å²) < 4.78 is 0. The van der Waals surface area contributed by atoms with Crippen LogP contribution in [0.15, 0.2) is 23.4 Å². The molecule has 0 saturated carbocycles. The third-order valence-electron chi connectivity index (χ3n) is 2.45. The van der Waals surface area contributed by atoms with E-state index in [-0.39, 0.29) is 0 Å². The lowest BCUT2D eigenvalue weighted by molar-refractivity contribution is 0.213. The lowest BCUT2D eigenvalue weighted by Gasteiger charge is -2.08. The van der Waals surface area contributed by atoms with Gasteiger partial charge in [0.2, 0.25) is 0 Å². The van der Waals surface area contributed by atoms with Crippen LogP contribution in [0.25, 0.3) is 0 Å². The molecule has 14 heavy (non-hydrogen) atoms. The summed E-state index contributed by atoms with van der Waals surface area (Å²) in [6, 6.07) is 6.25. The molecule has 0 fully saturated rings. The van der Waals surface area contributed by atoms with E-state index in [2.05, 4.69) is 44.1 Å². The zero-order valence-electron chi connectivity index (χ0n) is 9.29. The Hall–Kier alpha value is -1.31. The molecule has 1 aromatic rings. The van der Waals surface area contributed by atoms with Gasteiger partial charge in [-0.05, 0) is 31.4 Å². The van der Waals surface area contributed by atoms with Gasteiger partial charge in [-0.3, -0.25) is 0 Å². The van der Waals surface area contributed by atoms with E-state index in [1.807, 2.05) is 0 Å². The van der Waals surface area contributed by atoms with Crippen LogP contribution in [0.4, 0.5) is 0 Å². The van der Waals surface area contributed by atoms with Crippen LogP contribution in [0.3, 0.4) is 0 Å². The van der Waals surface area contributed by atoms with Gasteiger partial charge in [0, 0.05) is 5.56 Å². The standard InChI is InChI=1S/C12H17NO/c1-5-12(13-14-4)11-8-6-7-9(2)10(11)3/h6-8H,5H2,1-4H3/b13-12+. The highest BCUT2D eigenvalue weighted by Gasteiger charge is 2.06. The van der Waals surface area contributed by atoms with Crippen LogP contribution in [-0.4, -0.2) is 12.8 Å². The van der Waals surface area contributed by atoms with Gasteiger partial charge in [-0.2, -0.15) is 0 Å². The summed E-state index contributed by atoms with van der Waals surface area (Å²) in [6.45, 7) is 6.31. The maximum atomic E-state index is 4.83. The highest BCUT2D eigenvalue weighted by Crippen LogP contribution is 2.15. The second kappa shape index (κ2) is 4.80. The highest BCUT2D eigenvalue weighted by molar-refractivity contribution is 6.01. The van der Waals surface area contributed by atoms with Crippen LogP contribution >= 0.6 is 0 Å². The first kappa shape index (κ1) is 10.8. The van der Waals surface area contributed by atoms with Crippen LogP contribution < -0.4 is 0 Å². The van der Waals surface area contributed by atoms with Crippen molar-refractivity contribution in [2.24, 2.45) is 5.16 Å². The Morgan fingerprint density at radius 2 is 2.07 bits per heavy atom. The summed E-state index contributed by atoms with van der Waals surface area (Å²) in [6.07, 6.45) is 0.887. The molecule has 0 amide bonds. The summed E-state index contributed by atoms with van der Waals surface area (Å²) >= 11 is 0. The molecule has 1 rings (SSSR count).